The number of nitrogens with zero attached hydrogens (tertiary/aromatic N) is 6. The van der Waals surface area contributed by atoms with Crippen LogP contribution in [0.5, 0.6) is 0 Å². The van der Waals surface area contributed by atoms with E-state index in [1.165, 1.54) is 5.56 Å². The lowest BCUT2D eigenvalue weighted by Gasteiger charge is -2.19. The quantitative estimate of drug-likeness (QED) is 0.316. The summed E-state index contributed by atoms with van der Waals surface area (Å²) in [6, 6.07) is 18.1. The molecule has 0 radical (unpaired) electrons. The molecule has 0 saturated heterocycles. The molecule has 1 unspecified atom stereocenters. The number of nitrogens with one attached hydrogen (secondary N) is 3. The fraction of sp³-hybridized carbons (Fsp3) is 0.222. The van der Waals surface area contributed by atoms with Crippen LogP contribution in [-0.4, -0.2) is 49.1 Å². The predicted molar refractivity (Wildman–Crippen MR) is 141 cm³/mol. The summed E-state index contributed by atoms with van der Waals surface area (Å²) in [6.07, 6.45) is 6.09. The van der Waals surface area contributed by atoms with E-state index >= 15 is 0 Å². The zero-order valence-electron chi connectivity index (χ0n) is 20.4. The van der Waals surface area contributed by atoms with Crippen molar-refractivity contribution in [2.45, 2.75) is 25.8 Å². The van der Waals surface area contributed by atoms with E-state index in [2.05, 4.69) is 59.0 Å². The van der Waals surface area contributed by atoms with Crippen LogP contribution in [0.1, 0.15) is 29.2 Å². The predicted octanol–water partition coefficient (Wildman–Crippen LogP) is 3.97. The van der Waals surface area contributed by atoms with Gasteiger partial charge in [-0.05, 0) is 37.1 Å². The summed E-state index contributed by atoms with van der Waals surface area (Å²) in [5.41, 5.74) is 5.96. The first-order valence-electron chi connectivity index (χ1n) is 12.3. The number of para-hydroxylation sites is 2. The fourth-order valence-corrected chi connectivity index (χ4v) is 4.89. The first kappa shape index (κ1) is 22.7. The second-order valence-corrected chi connectivity index (χ2v) is 9.11. The van der Waals surface area contributed by atoms with Gasteiger partial charge < -0.3 is 15.5 Å². The number of aromatic nitrogens is 6. The van der Waals surface area contributed by atoms with Crippen molar-refractivity contribution in [2.24, 2.45) is 0 Å². The molecule has 186 valence electrons. The molecule has 10 nitrogen and oxygen atoms in total. The van der Waals surface area contributed by atoms with Crippen molar-refractivity contribution in [1.82, 2.24) is 40.6 Å². The van der Waals surface area contributed by atoms with Gasteiger partial charge in [-0.15, -0.1) is 0 Å². The molecule has 1 atom stereocenters. The summed E-state index contributed by atoms with van der Waals surface area (Å²) in [4.78, 5) is 23.6. The molecular weight excluding hydrogens is 466 g/mol. The van der Waals surface area contributed by atoms with Gasteiger partial charge in [0, 0.05) is 43.0 Å². The van der Waals surface area contributed by atoms with Gasteiger partial charge in [-0.25, -0.2) is 19.4 Å². The first-order chi connectivity index (χ1) is 18.2. The molecule has 37 heavy (non-hydrogen) atoms. The summed E-state index contributed by atoms with van der Waals surface area (Å²) in [5, 5.41) is 18.5. The van der Waals surface area contributed by atoms with Crippen molar-refractivity contribution >= 4 is 28.6 Å². The zero-order chi connectivity index (χ0) is 25.2. The lowest BCUT2D eigenvalue weighted by Crippen LogP contribution is -2.36. The zero-order valence-corrected chi connectivity index (χ0v) is 20.4. The van der Waals surface area contributed by atoms with Crippen LogP contribution < -0.4 is 15.5 Å². The van der Waals surface area contributed by atoms with Crippen molar-refractivity contribution < 1.29 is 4.79 Å². The van der Waals surface area contributed by atoms with Crippen LogP contribution in [0.4, 0.5) is 16.3 Å². The Labute approximate surface area is 213 Å². The number of H-pyrrole nitrogens is 1. The summed E-state index contributed by atoms with van der Waals surface area (Å²) < 4.78 is 1.84. The van der Waals surface area contributed by atoms with Crippen molar-refractivity contribution in [2.75, 3.05) is 18.0 Å². The molecule has 0 bridgehead atoms. The average Bonchev–Trinajstić information content (AvgIpc) is 3.65. The summed E-state index contributed by atoms with van der Waals surface area (Å²) in [6.45, 7) is 3.70. The number of aromatic amines is 1. The van der Waals surface area contributed by atoms with E-state index in [1.807, 2.05) is 54.2 Å². The highest BCUT2D eigenvalue weighted by molar-refractivity contribution is 5.90. The minimum Gasteiger partial charge on any atom is -0.338 e. The van der Waals surface area contributed by atoms with Crippen LogP contribution in [0.2, 0.25) is 0 Å². The van der Waals surface area contributed by atoms with Crippen LogP contribution in [-0.2, 0) is 6.54 Å². The highest BCUT2D eigenvalue weighted by atomic mass is 16.2. The third-order valence-electron chi connectivity index (χ3n) is 6.79. The molecular formula is C27H27N9O. The van der Waals surface area contributed by atoms with Crippen molar-refractivity contribution in [3.05, 3.63) is 90.1 Å². The standard InChI is InChI=1S/C27H27N9O/c1-18-20(16-36(34-18)21-7-3-2-4-8-21)13-29-27(37)28-12-11-19-15-35(24-10-6-5-9-22(19)24)26-23-14-32-33-25(23)30-17-31-26/h2-10,14,16-17,19H,11-13,15H2,1H3,(H2,28,29,37)(H,30,31,32,33). The second kappa shape index (κ2) is 9.73. The number of benzene rings is 2. The summed E-state index contributed by atoms with van der Waals surface area (Å²) >= 11 is 0. The maximum absolute atomic E-state index is 12.5. The van der Waals surface area contributed by atoms with E-state index in [0.29, 0.717) is 18.7 Å². The topological polar surface area (TPSA) is 117 Å². The number of rotatable bonds is 7. The van der Waals surface area contributed by atoms with Crippen LogP contribution in [0.25, 0.3) is 16.7 Å². The van der Waals surface area contributed by atoms with Crippen LogP contribution >= 0.6 is 0 Å². The van der Waals surface area contributed by atoms with Gasteiger partial charge in [-0.1, -0.05) is 36.4 Å². The van der Waals surface area contributed by atoms with Gasteiger partial charge in [0.05, 0.1) is 23.0 Å². The highest BCUT2D eigenvalue weighted by Gasteiger charge is 2.31. The minimum atomic E-state index is -0.189. The Morgan fingerprint density at radius 3 is 2.81 bits per heavy atom. The number of aryl methyl sites for hydroxylation is 1. The molecule has 6 rings (SSSR count). The SMILES string of the molecule is Cc1nn(-c2ccccc2)cc1CNC(=O)NCCC1CN(c2ncnc3[nH]ncc23)c2ccccc21. The number of carbonyl (C=O) groups is 1. The Morgan fingerprint density at radius 2 is 1.92 bits per heavy atom. The molecule has 3 N–H and O–H groups in total. The number of anilines is 2. The molecule has 2 amide bonds. The summed E-state index contributed by atoms with van der Waals surface area (Å²) in [7, 11) is 0. The first-order valence-corrected chi connectivity index (χ1v) is 12.3. The molecule has 3 aromatic heterocycles. The number of amides is 2. The Bertz CT molecular complexity index is 1540. The summed E-state index contributed by atoms with van der Waals surface area (Å²) in [5.74, 6) is 1.10. The molecule has 0 aliphatic carbocycles. The van der Waals surface area contributed by atoms with E-state index in [1.54, 1.807) is 12.5 Å². The molecule has 0 fully saturated rings. The van der Waals surface area contributed by atoms with Crippen molar-refractivity contribution in [3.63, 3.8) is 0 Å². The van der Waals surface area contributed by atoms with Gasteiger partial charge in [0.25, 0.3) is 0 Å². The lowest BCUT2D eigenvalue weighted by atomic mass is 9.98. The van der Waals surface area contributed by atoms with E-state index in [9.17, 15) is 4.79 Å². The van der Waals surface area contributed by atoms with Crippen LogP contribution in [0.3, 0.4) is 0 Å². The fourth-order valence-electron chi connectivity index (χ4n) is 4.89. The Morgan fingerprint density at radius 1 is 1.08 bits per heavy atom. The van der Waals surface area contributed by atoms with Gasteiger partial charge >= 0.3 is 6.03 Å². The molecule has 10 heteroatoms. The van der Waals surface area contributed by atoms with Gasteiger partial charge in [0.15, 0.2) is 5.65 Å². The average molecular weight is 494 g/mol. The smallest absolute Gasteiger partial charge is 0.315 e. The second-order valence-electron chi connectivity index (χ2n) is 9.11. The molecule has 0 spiro atoms. The number of urea groups is 1. The van der Waals surface area contributed by atoms with Gasteiger partial charge in [-0.2, -0.15) is 10.2 Å². The van der Waals surface area contributed by atoms with E-state index in [4.69, 9.17) is 0 Å². The molecule has 1 aliphatic heterocycles. The third kappa shape index (κ3) is 4.49. The Kier molecular flexibility index (Phi) is 5.97. The van der Waals surface area contributed by atoms with Crippen molar-refractivity contribution in [3.8, 4) is 5.69 Å². The van der Waals surface area contributed by atoms with Crippen molar-refractivity contribution in [1.29, 1.82) is 0 Å². The molecule has 5 aromatic rings. The Hall–Kier alpha value is -4.73. The molecule has 1 aliphatic rings. The minimum absolute atomic E-state index is 0.189. The van der Waals surface area contributed by atoms with Crippen LogP contribution in [0, 0.1) is 6.92 Å². The number of carbonyl (C=O) groups excluding carboxylic acids is 1. The van der Waals surface area contributed by atoms with Crippen LogP contribution in [0.15, 0.2) is 73.3 Å². The monoisotopic (exact) mass is 493 g/mol. The van der Waals surface area contributed by atoms with E-state index in [0.717, 1.165) is 46.8 Å². The van der Waals surface area contributed by atoms with E-state index < -0.39 is 0 Å². The Balaban J connectivity index is 1.06. The maximum atomic E-state index is 12.5. The lowest BCUT2D eigenvalue weighted by molar-refractivity contribution is 0.240. The van der Waals surface area contributed by atoms with Gasteiger partial charge in [-0.3, -0.25) is 5.10 Å². The molecule has 0 saturated carbocycles. The highest BCUT2D eigenvalue weighted by Crippen LogP contribution is 2.42. The molecule has 2 aromatic carbocycles. The maximum Gasteiger partial charge on any atom is 0.315 e. The number of fused-ring (bicyclic) bond motifs is 2. The largest absolute Gasteiger partial charge is 0.338 e. The third-order valence-corrected chi connectivity index (χ3v) is 6.79. The molecule has 4 heterocycles. The van der Waals surface area contributed by atoms with Gasteiger partial charge in [0.1, 0.15) is 12.1 Å². The number of hydrogen-bond donors (Lipinski definition) is 3. The van der Waals surface area contributed by atoms with Gasteiger partial charge in [0.2, 0.25) is 0 Å². The normalized spacial score (nSPS) is 14.6. The number of hydrogen-bond acceptors (Lipinski definition) is 6. The van der Waals surface area contributed by atoms with E-state index in [-0.39, 0.29) is 11.9 Å².